The van der Waals surface area contributed by atoms with E-state index in [1.54, 1.807) is 13.0 Å². The number of nitrogens with zero attached hydrogens (tertiary/aromatic N) is 1. The van der Waals surface area contributed by atoms with Gasteiger partial charge < -0.3 is 10.6 Å². The molecule has 0 bridgehead atoms. The summed E-state index contributed by atoms with van der Waals surface area (Å²) in [4.78, 5) is 37.5. The lowest BCUT2D eigenvalue weighted by Gasteiger charge is -2.20. The molecule has 2 N–H and O–H groups in total. The number of urea groups is 1. The lowest BCUT2D eigenvalue weighted by atomic mass is 9.96. The zero-order chi connectivity index (χ0) is 15.9. The van der Waals surface area contributed by atoms with Crippen molar-refractivity contribution in [3.63, 3.8) is 0 Å². The van der Waals surface area contributed by atoms with Crippen LogP contribution in [0, 0.1) is 9.49 Å². The third kappa shape index (κ3) is 2.81. The first-order valence-corrected chi connectivity index (χ1v) is 8.17. The van der Waals surface area contributed by atoms with Gasteiger partial charge in [0.05, 0.1) is 0 Å². The third-order valence-electron chi connectivity index (χ3n) is 4.11. The van der Waals surface area contributed by atoms with Crippen molar-refractivity contribution in [1.29, 1.82) is 0 Å². The SMILES string of the molecule is C[C@]1(C2CC2)NC(=O)N(CC(=O)Nc2cccc(I)c2)C1=O. The fraction of sp³-hybridized carbons (Fsp3) is 0.400. The van der Waals surface area contributed by atoms with E-state index in [9.17, 15) is 14.4 Å². The number of benzene rings is 1. The zero-order valence-electron chi connectivity index (χ0n) is 12.1. The molecule has 1 aliphatic heterocycles. The van der Waals surface area contributed by atoms with E-state index in [0.717, 1.165) is 21.3 Å². The molecule has 116 valence electrons. The first kappa shape index (κ1) is 15.3. The largest absolute Gasteiger partial charge is 0.325 e. The Labute approximate surface area is 141 Å². The van der Waals surface area contributed by atoms with Gasteiger partial charge in [-0.3, -0.25) is 14.5 Å². The molecule has 1 aliphatic carbocycles. The van der Waals surface area contributed by atoms with Gasteiger partial charge in [-0.05, 0) is 66.5 Å². The van der Waals surface area contributed by atoms with Crippen LogP contribution in [0.25, 0.3) is 0 Å². The second kappa shape index (κ2) is 5.53. The second-order valence-corrected chi connectivity index (χ2v) is 7.10. The third-order valence-corrected chi connectivity index (χ3v) is 4.78. The van der Waals surface area contributed by atoms with E-state index in [4.69, 9.17) is 0 Å². The van der Waals surface area contributed by atoms with Gasteiger partial charge >= 0.3 is 6.03 Å². The number of nitrogens with one attached hydrogen (secondary N) is 2. The lowest BCUT2D eigenvalue weighted by molar-refractivity contribution is -0.134. The molecule has 0 aromatic heterocycles. The molecular weight excluding hydrogens is 397 g/mol. The number of rotatable bonds is 4. The molecule has 1 aromatic carbocycles. The highest BCUT2D eigenvalue weighted by atomic mass is 127. The van der Waals surface area contributed by atoms with Gasteiger partial charge in [0.1, 0.15) is 12.1 Å². The van der Waals surface area contributed by atoms with E-state index in [-0.39, 0.29) is 24.3 Å². The number of imide groups is 1. The molecule has 1 saturated heterocycles. The highest BCUT2D eigenvalue weighted by Crippen LogP contribution is 2.42. The fourth-order valence-corrected chi connectivity index (χ4v) is 3.25. The average molecular weight is 413 g/mol. The Bertz CT molecular complexity index is 659. The monoisotopic (exact) mass is 413 g/mol. The fourth-order valence-electron chi connectivity index (χ4n) is 2.71. The second-order valence-electron chi connectivity index (χ2n) is 5.86. The molecule has 1 atom stereocenters. The maximum Gasteiger partial charge on any atom is 0.325 e. The van der Waals surface area contributed by atoms with Crippen LogP contribution in [0.3, 0.4) is 0 Å². The Hall–Kier alpha value is -1.64. The zero-order valence-corrected chi connectivity index (χ0v) is 14.2. The summed E-state index contributed by atoms with van der Waals surface area (Å²) in [5, 5.41) is 5.43. The van der Waals surface area contributed by atoms with E-state index in [1.807, 2.05) is 18.2 Å². The first-order valence-electron chi connectivity index (χ1n) is 7.09. The highest BCUT2D eigenvalue weighted by molar-refractivity contribution is 14.1. The van der Waals surface area contributed by atoms with Crippen LogP contribution in [0.15, 0.2) is 24.3 Å². The van der Waals surface area contributed by atoms with E-state index < -0.39 is 11.6 Å². The molecule has 0 radical (unpaired) electrons. The summed E-state index contributed by atoms with van der Waals surface area (Å²) in [5.41, 5.74) is -0.201. The molecule has 22 heavy (non-hydrogen) atoms. The minimum Gasteiger partial charge on any atom is -0.324 e. The van der Waals surface area contributed by atoms with Gasteiger partial charge in [0, 0.05) is 9.26 Å². The molecule has 3 rings (SSSR count). The summed E-state index contributed by atoms with van der Waals surface area (Å²) in [6, 6.07) is 6.83. The van der Waals surface area contributed by atoms with Crippen LogP contribution in [0.4, 0.5) is 10.5 Å². The van der Waals surface area contributed by atoms with Crippen LogP contribution in [-0.2, 0) is 9.59 Å². The van der Waals surface area contributed by atoms with Crippen LogP contribution in [0.1, 0.15) is 19.8 Å². The Morgan fingerprint density at radius 1 is 1.45 bits per heavy atom. The average Bonchev–Trinajstić information content (AvgIpc) is 3.25. The van der Waals surface area contributed by atoms with Gasteiger partial charge in [-0.2, -0.15) is 0 Å². The van der Waals surface area contributed by atoms with Crippen molar-refractivity contribution in [2.75, 3.05) is 11.9 Å². The quantitative estimate of drug-likeness (QED) is 0.585. The van der Waals surface area contributed by atoms with Gasteiger partial charge in [0.15, 0.2) is 0 Å². The summed E-state index contributed by atoms with van der Waals surface area (Å²) in [5.74, 6) is -0.504. The summed E-state index contributed by atoms with van der Waals surface area (Å²) in [7, 11) is 0. The number of hydrogen-bond acceptors (Lipinski definition) is 3. The number of anilines is 1. The van der Waals surface area contributed by atoms with Crippen molar-refractivity contribution in [3.8, 4) is 0 Å². The van der Waals surface area contributed by atoms with Crippen molar-refractivity contribution in [1.82, 2.24) is 10.2 Å². The molecular formula is C15H16IN3O3. The molecule has 4 amide bonds. The Balaban J connectivity index is 1.66. The normalized spacial score (nSPS) is 24.4. The molecule has 1 aromatic rings. The van der Waals surface area contributed by atoms with Crippen molar-refractivity contribution in [2.24, 2.45) is 5.92 Å². The predicted molar refractivity (Wildman–Crippen MR) is 89.2 cm³/mol. The molecule has 7 heteroatoms. The highest BCUT2D eigenvalue weighted by Gasteiger charge is 2.56. The van der Waals surface area contributed by atoms with Gasteiger partial charge in [-0.15, -0.1) is 0 Å². The van der Waals surface area contributed by atoms with E-state index in [0.29, 0.717) is 5.69 Å². The van der Waals surface area contributed by atoms with Crippen molar-refractivity contribution < 1.29 is 14.4 Å². The van der Waals surface area contributed by atoms with Crippen LogP contribution < -0.4 is 10.6 Å². The molecule has 1 heterocycles. The number of carbonyl (C=O) groups is 3. The van der Waals surface area contributed by atoms with E-state index >= 15 is 0 Å². The van der Waals surface area contributed by atoms with Gasteiger partial charge in [-0.1, -0.05) is 6.07 Å². The molecule has 0 spiro atoms. The number of hydrogen-bond donors (Lipinski definition) is 2. The van der Waals surface area contributed by atoms with Crippen LogP contribution in [0.5, 0.6) is 0 Å². The maximum atomic E-state index is 12.4. The minimum atomic E-state index is -0.848. The van der Waals surface area contributed by atoms with Gasteiger partial charge in [-0.25, -0.2) is 4.79 Å². The van der Waals surface area contributed by atoms with Crippen molar-refractivity contribution in [3.05, 3.63) is 27.8 Å². The Morgan fingerprint density at radius 3 is 2.82 bits per heavy atom. The number of amides is 4. The molecule has 1 saturated carbocycles. The standard InChI is InChI=1S/C15H16IN3O3/c1-15(9-5-6-9)13(21)19(14(22)18-15)8-12(20)17-11-4-2-3-10(16)7-11/h2-4,7,9H,5-6,8H2,1H3,(H,17,20)(H,18,22)/t15-/m1/s1. The van der Waals surface area contributed by atoms with Gasteiger partial charge in [0.2, 0.25) is 5.91 Å². The topological polar surface area (TPSA) is 78.5 Å². The van der Waals surface area contributed by atoms with Crippen LogP contribution in [0.2, 0.25) is 0 Å². The van der Waals surface area contributed by atoms with Crippen LogP contribution >= 0.6 is 22.6 Å². The molecule has 6 nitrogen and oxygen atoms in total. The molecule has 2 aliphatic rings. The number of halogens is 1. The number of carbonyl (C=O) groups excluding carboxylic acids is 3. The van der Waals surface area contributed by atoms with Crippen molar-refractivity contribution >= 4 is 46.1 Å². The summed E-state index contributed by atoms with van der Waals surface area (Å²) >= 11 is 2.15. The first-order chi connectivity index (χ1) is 10.4. The molecule has 0 unspecified atom stereocenters. The van der Waals surface area contributed by atoms with Crippen LogP contribution in [-0.4, -0.2) is 34.8 Å². The summed E-state index contributed by atoms with van der Waals surface area (Å²) in [6.45, 7) is 1.47. The lowest BCUT2D eigenvalue weighted by Crippen LogP contribution is -2.46. The molecule has 2 fully saturated rings. The smallest absolute Gasteiger partial charge is 0.324 e. The maximum absolute atomic E-state index is 12.4. The minimum absolute atomic E-state index is 0.188. The summed E-state index contributed by atoms with van der Waals surface area (Å²) in [6.07, 6.45) is 1.87. The van der Waals surface area contributed by atoms with Gasteiger partial charge in [0.25, 0.3) is 5.91 Å². The summed E-state index contributed by atoms with van der Waals surface area (Å²) < 4.78 is 0.992. The van der Waals surface area contributed by atoms with Crippen molar-refractivity contribution in [2.45, 2.75) is 25.3 Å². The van der Waals surface area contributed by atoms with E-state index in [2.05, 4.69) is 33.2 Å². The Morgan fingerprint density at radius 2 is 2.18 bits per heavy atom. The predicted octanol–water partition coefficient (Wildman–Crippen LogP) is 1.95. The van der Waals surface area contributed by atoms with E-state index in [1.165, 1.54) is 0 Å². The Kier molecular flexibility index (Phi) is 3.84.